The largest absolute Gasteiger partial charge is 0.351 e. The van der Waals surface area contributed by atoms with Gasteiger partial charge in [-0.3, -0.25) is 4.79 Å². The summed E-state index contributed by atoms with van der Waals surface area (Å²) in [6, 6.07) is 0. The number of hydrogen-bond acceptors (Lipinski definition) is 4. The van der Waals surface area contributed by atoms with Crippen molar-refractivity contribution in [1.29, 1.82) is 0 Å². The van der Waals surface area contributed by atoms with Crippen molar-refractivity contribution in [3.63, 3.8) is 0 Å². The van der Waals surface area contributed by atoms with E-state index >= 15 is 0 Å². The number of unbranched alkanes of at least 4 members (excludes halogenated alkanes) is 3. The Balaban J connectivity index is 2.03. The number of rotatable bonds is 6. The van der Waals surface area contributed by atoms with E-state index < -0.39 is 0 Å². The molecule has 0 saturated heterocycles. The van der Waals surface area contributed by atoms with Crippen molar-refractivity contribution in [1.82, 2.24) is 16.3 Å². The summed E-state index contributed by atoms with van der Waals surface area (Å²) >= 11 is 0. The molecule has 0 aromatic rings. The van der Waals surface area contributed by atoms with Crippen LogP contribution < -0.4 is 16.3 Å². The van der Waals surface area contributed by atoms with Crippen molar-refractivity contribution in [2.45, 2.75) is 32.6 Å². The summed E-state index contributed by atoms with van der Waals surface area (Å²) in [7, 11) is 0. The fraction of sp³-hybridized carbons (Fsp3) is 0.778. The smallest absolute Gasteiger partial charge is 0.268 e. The van der Waals surface area contributed by atoms with Crippen LogP contribution in [0.3, 0.4) is 0 Å². The Bertz CT molecular complexity index is 215. The SMILES string of the molecule is CCCCCCNC(=O)C1=NNNC1. The van der Waals surface area contributed by atoms with Crippen LogP contribution in [-0.4, -0.2) is 24.7 Å². The minimum absolute atomic E-state index is 0.0704. The molecule has 1 amide bonds. The minimum atomic E-state index is -0.0704. The lowest BCUT2D eigenvalue weighted by atomic mass is 10.2. The summed E-state index contributed by atoms with van der Waals surface area (Å²) < 4.78 is 0. The lowest BCUT2D eigenvalue weighted by Gasteiger charge is -2.02. The first-order chi connectivity index (χ1) is 6.84. The van der Waals surface area contributed by atoms with Crippen molar-refractivity contribution in [2.75, 3.05) is 13.1 Å². The normalized spacial score (nSPS) is 14.8. The van der Waals surface area contributed by atoms with Crippen LogP contribution in [0.15, 0.2) is 5.10 Å². The molecule has 0 radical (unpaired) electrons. The second kappa shape index (κ2) is 6.37. The second-order valence-electron chi connectivity index (χ2n) is 3.34. The molecule has 0 aromatic carbocycles. The van der Waals surface area contributed by atoms with E-state index in [0.717, 1.165) is 13.0 Å². The molecule has 1 aliphatic heterocycles. The summed E-state index contributed by atoms with van der Waals surface area (Å²) in [5.41, 5.74) is 5.82. The van der Waals surface area contributed by atoms with Crippen LogP contribution in [0.2, 0.25) is 0 Å². The third-order valence-electron chi connectivity index (χ3n) is 2.10. The topological polar surface area (TPSA) is 65.5 Å². The van der Waals surface area contributed by atoms with Gasteiger partial charge in [-0.05, 0) is 6.42 Å². The van der Waals surface area contributed by atoms with Gasteiger partial charge in [0.05, 0.1) is 6.54 Å². The highest BCUT2D eigenvalue weighted by atomic mass is 16.2. The van der Waals surface area contributed by atoms with Crippen molar-refractivity contribution < 1.29 is 4.79 Å². The van der Waals surface area contributed by atoms with E-state index in [2.05, 4.69) is 28.3 Å². The van der Waals surface area contributed by atoms with Crippen LogP contribution in [-0.2, 0) is 4.79 Å². The molecule has 1 heterocycles. The zero-order chi connectivity index (χ0) is 10.2. The predicted molar refractivity (Wildman–Crippen MR) is 55.7 cm³/mol. The molecular weight excluding hydrogens is 180 g/mol. The summed E-state index contributed by atoms with van der Waals surface area (Å²) in [6.07, 6.45) is 4.68. The molecule has 0 unspecified atom stereocenters. The maximum absolute atomic E-state index is 11.4. The van der Waals surface area contributed by atoms with Crippen LogP contribution in [0.4, 0.5) is 0 Å². The summed E-state index contributed by atoms with van der Waals surface area (Å²) in [6.45, 7) is 3.42. The van der Waals surface area contributed by atoms with E-state index in [1.54, 1.807) is 0 Å². The number of nitrogens with zero attached hydrogens (tertiary/aromatic N) is 1. The van der Waals surface area contributed by atoms with E-state index in [4.69, 9.17) is 0 Å². The maximum atomic E-state index is 11.4. The average Bonchev–Trinajstić information content (AvgIpc) is 2.70. The Hall–Kier alpha value is -1.10. The number of hydrazine groups is 1. The lowest BCUT2D eigenvalue weighted by Crippen LogP contribution is -2.34. The van der Waals surface area contributed by atoms with Gasteiger partial charge in [-0.15, -0.1) is 0 Å². The molecule has 1 rings (SSSR count). The fourth-order valence-electron chi connectivity index (χ4n) is 1.26. The molecule has 0 bridgehead atoms. The Morgan fingerprint density at radius 3 is 3.00 bits per heavy atom. The molecular formula is C9H18N4O. The standard InChI is InChI=1S/C9H18N4O/c1-2-3-4-5-6-10-9(14)8-7-11-13-12-8/h11,13H,2-7H2,1H3,(H,10,14). The fourth-order valence-corrected chi connectivity index (χ4v) is 1.26. The number of amides is 1. The zero-order valence-electron chi connectivity index (χ0n) is 8.60. The molecule has 14 heavy (non-hydrogen) atoms. The van der Waals surface area contributed by atoms with Gasteiger partial charge < -0.3 is 5.32 Å². The highest BCUT2D eigenvalue weighted by molar-refractivity contribution is 6.39. The molecule has 1 aliphatic rings. The van der Waals surface area contributed by atoms with Crippen LogP contribution in [0.5, 0.6) is 0 Å². The van der Waals surface area contributed by atoms with Crippen LogP contribution in [0, 0.1) is 0 Å². The molecule has 5 nitrogen and oxygen atoms in total. The molecule has 5 heteroatoms. The first-order valence-electron chi connectivity index (χ1n) is 5.17. The number of carbonyl (C=O) groups excluding carboxylic acids is 1. The Morgan fingerprint density at radius 2 is 2.36 bits per heavy atom. The van der Waals surface area contributed by atoms with E-state index in [-0.39, 0.29) is 5.91 Å². The van der Waals surface area contributed by atoms with Crippen molar-refractivity contribution in [3.05, 3.63) is 0 Å². The zero-order valence-corrected chi connectivity index (χ0v) is 8.60. The van der Waals surface area contributed by atoms with Gasteiger partial charge >= 0.3 is 0 Å². The first-order valence-corrected chi connectivity index (χ1v) is 5.17. The number of hydrazone groups is 1. The van der Waals surface area contributed by atoms with Crippen molar-refractivity contribution >= 4 is 11.6 Å². The Morgan fingerprint density at radius 1 is 1.50 bits per heavy atom. The van der Waals surface area contributed by atoms with Crippen LogP contribution >= 0.6 is 0 Å². The van der Waals surface area contributed by atoms with E-state index in [9.17, 15) is 4.79 Å². The predicted octanol–water partition coefficient (Wildman–Crippen LogP) is 0.147. The average molecular weight is 198 g/mol. The monoisotopic (exact) mass is 198 g/mol. The molecule has 0 atom stereocenters. The molecule has 0 aliphatic carbocycles. The Labute approximate surface area is 84.3 Å². The minimum Gasteiger partial charge on any atom is -0.351 e. The third-order valence-corrected chi connectivity index (χ3v) is 2.10. The Kier molecular flexibility index (Phi) is 4.99. The first kappa shape index (κ1) is 11.0. The van der Waals surface area contributed by atoms with Gasteiger partial charge in [0.25, 0.3) is 5.91 Å². The lowest BCUT2D eigenvalue weighted by molar-refractivity contribution is -0.114. The summed E-state index contributed by atoms with van der Waals surface area (Å²) in [5, 5.41) is 6.63. The van der Waals surface area contributed by atoms with E-state index in [1.807, 2.05) is 0 Å². The van der Waals surface area contributed by atoms with Gasteiger partial charge in [0.1, 0.15) is 5.71 Å². The third kappa shape index (κ3) is 3.74. The summed E-state index contributed by atoms with van der Waals surface area (Å²) in [5.74, 6) is -0.0704. The van der Waals surface area contributed by atoms with Crippen molar-refractivity contribution in [2.24, 2.45) is 5.10 Å². The summed E-state index contributed by atoms with van der Waals surface area (Å²) in [4.78, 5) is 11.4. The highest BCUT2D eigenvalue weighted by Crippen LogP contribution is 1.97. The van der Waals surface area contributed by atoms with Crippen LogP contribution in [0.1, 0.15) is 32.6 Å². The van der Waals surface area contributed by atoms with Crippen molar-refractivity contribution in [3.8, 4) is 0 Å². The van der Waals surface area contributed by atoms with Gasteiger partial charge in [0.15, 0.2) is 0 Å². The molecule has 80 valence electrons. The molecule has 0 fully saturated rings. The van der Waals surface area contributed by atoms with Gasteiger partial charge in [0.2, 0.25) is 0 Å². The molecule has 3 N–H and O–H groups in total. The number of nitrogens with one attached hydrogen (secondary N) is 3. The van der Waals surface area contributed by atoms with Gasteiger partial charge in [0, 0.05) is 6.54 Å². The van der Waals surface area contributed by atoms with E-state index in [0.29, 0.717) is 12.3 Å². The maximum Gasteiger partial charge on any atom is 0.268 e. The van der Waals surface area contributed by atoms with Gasteiger partial charge in [-0.2, -0.15) is 5.10 Å². The van der Waals surface area contributed by atoms with Gasteiger partial charge in [-0.25, -0.2) is 11.0 Å². The molecule has 0 spiro atoms. The molecule has 0 saturated carbocycles. The highest BCUT2D eigenvalue weighted by Gasteiger charge is 2.13. The van der Waals surface area contributed by atoms with Crippen LogP contribution in [0.25, 0.3) is 0 Å². The van der Waals surface area contributed by atoms with Gasteiger partial charge in [-0.1, -0.05) is 26.2 Å². The number of carbonyl (C=O) groups is 1. The quantitative estimate of drug-likeness (QED) is 0.532. The van der Waals surface area contributed by atoms with E-state index in [1.165, 1.54) is 19.3 Å². The number of hydrogen-bond donors (Lipinski definition) is 3. The second-order valence-corrected chi connectivity index (χ2v) is 3.34. The molecule has 0 aromatic heterocycles.